The first-order valence-electron chi connectivity index (χ1n) is 10.6. The van der Waals surface area contributed by atoms with E-state index in [-0.39, 0.29) is 35.4 Å². The highest BCUT2D eigenvalue weighted by atomic mass is 35.5. The monoisotopic (exact) mass is 479 g/mol. The van der Waals surface area contributed by atoms with Crippen LogP contribution in [0.15, 0.2) is 48.5 Å². The number of thioether (sulfide) groups is 1. The summed E-state index contributed by atoms with van der Waals surface area (Å²) in [4.78, 5) is 15.4. The van der Waals surface area contributed by atoms with Crippen LogP contribution in [0.2, 0.25) is 10.0 Å². The highest BCUT2D eigenvalue weighted by Crippen LogP contribution is 2.43. The molecule has 3 rings (SSSR count). The van der Waals surface area contributed by atoms with Crippen molar-refractivity contribution in [3.8, 4) is 0 Å². The van der Waals surface area contributed by atoms with Gasteiger partial charge in [0.25, 0.3) is 0 Å². The van der Waals surface area contributed by atoms with E-state index < -0.39 is 0 Å². The lowest BCUT2D eigenvalue weighted by atomic mass is 9.90. The van der Waals surface area contributed by atoms with Crippen molar-refractivity contribution in [3.05, 3.63) is 69.7 Å². The lowest BCUT2D eigenvalue weighted by Crippen LogP contribution is -2.53. The van der Waals surface area contributed by atoms with Gasteiger partial charge in [0, 0.05) is 26.6 Å². The van der Waals surface area contributed by atoms with Gasteiger partial charge in [-0.05, 0) is 41.3 Å². The van der Waals surface area contributed by atoms with Crippen LogP contribution in [0.4, 0.5) is 0 Å². The van der Waals surface area contributed by atoms with E-state index in [9.17, 15) is 4.79 Å². The minimum Gasteiger partial charge on any atom is -0.361 e. The van der Waals surface area contributed by atoms with Crippen LogP contribution < -0.4 is 0 Å². The smallest absolute Gasteiger partial charge is 0.249 e. The number of amides is 1. The molecular weight excluding hydrogens is 449 g/mol. The van der Waals surface area contributed by atoms with E-state index in [2.05, 4.69) is 39.5 Å². The third-order valence-electron chi connectivity index (χ3n) is 5.46. The van der Waals surface area contributed by atoms with E-state index in [1.165, 1.54) is 0 Å². The van der Waals surface area contributed by atoms with Crippen LogP contribution in [0.25, 0.3) is 0 Å². The van der Waals surface area contributed by atoms with E-state index in [4.69, 9.17) is 27.9 Å². The number of hydrogen-bond donors (Lipinski definition) is 0. The number of morpholine rings is 1. The number of rotatable bonds is 6. The van der Waals surface area contributed by atoms with Crippen molar-refractivity contribution in [3.63, 3.8) is 0 Å². The zero-order valence-electron chi connectivity index (χ0n) is 18.8. The molecule has 0 saturated carbocycles. The summed E-state index contributed by atoms with van der Waals surface area (Å²) < 4.78 is 6.26. The summed E-state index contributed by atoms with van der Waals surface area (Å²) in [7, 11) is 0. The highest BCUT2D eigenvalue weighted by Gasteiger charge is 2.43. The van der Waals surface area contributed by atoms with Crippen LogP contribution in [0.3, 0.4) is 0 Å². The van der Waals surface area contributed by atoms with Gasteiger partial charge in [0.1, 0.15) is 12.7 Å². The molecule has 0 radical (unpaired) electrons. The van der Waals surface area contributed by atoms with Crippen molar-refractivity contribution in [1.82, 2.24) is 4.90 Å². The molecule has 2 aromatic carbocycles. The minimum absolute atomic E-state index is 0.0198. The Morgan fingerprint density at radius 3 is 2.32 bits per heavy atom. The van der Waals surface area contributed by atoms with Crippen LogP contribution in [0, 0.1) is 5.92 Å². The van der Waals surface area contributed by atoms with Crippen LogP contribution >= 0.6 is 35.0 Å². The normalized spacial score (nSPS) is 20.9. The van der Waals surface area contributed by atoms with Crippen molar-refractivity contribution in [1.29, 1.82) is 0 Å². The number of nitrogens with zero attached hydrogens (tertiary/aromatic N) is 1. The number of carbonyl (C=O) groups is 1. The molecule has 3 atom stereocenters. The van der Waals surface area contributed by atoms with Gasteiger partial charge in [-0.15, -0.1) is 0 Å². The molecule has 0 spiro atoms. The fourth-order valence-corrected chi connectivity index (χ4v) is 5.45. The molecule has 0 aliphatic carbocycles. The van der Waals surface area contributed by atoms with Crippen LogP contribution in [-0.4, -0.2) is 34.0 Å². The Bertz CT molecular complexity index is 895. The molecule has 0 bridgehead atoms. The number of ether oxygens (including phenoxy) is 1. The van der Waals surface area contributed by atoms with E-state index in [0.29, 0.717) is 16.0 Å². The maximum absolute atomic E-state index is 13.3. The van der Waals surface area contributed by atoms with Gasteiger partial charge >= 0.3 is 0 Å². The molecule has 6 heteroatoms. The fourth-order valence-electron chi connectivity index (χ4n) is 3.91. The molecule has 1 heterocycles. The lowest BCUT2D eigenvalue weighted by molar-refractivity contribution is -0.164. The Labute approximate surface area is 200 Å². The maximum Gasteiger partial charge on any atom is 0.249 e. The van der Waals surface area contributed by atoms with Gasteiger partial charge in [-0.1, -0.05) is 82.1 Å². The Kier molecular flexibility index (Phi) is 8.01. The molecule has 0 aromatic heterocycles. The maximum atomic E-state index is 13.3. The highest BCUT2D eigenvalue weighted by molar-refractivity contribution is 8.00. The second-order valence-corrected chi connectivity index (χ2v) is 12.0. The molecule has 0 N–H and O–H groups in total. The molecule has 2 aromatic rings. The number of halogens is 2. The van der Waals surface area contributed by atoms with Gasteiger partial charge in [0.05, 0.1) is 6.04 Å². The lowest BCUT2D eigenvalue weighted by Gasteiger charge is -2.47. The second kappa shape index (κ2) is 10.2. The molecule has 168 valence electrons. The summed E-state index contributed by atoms with van der Waals surface area (Å²) in [6.45, 7) is 11.1. The zero-order chi connectivity index (χ0) is 22.8. The summed E-state index contributed by atoms with van der Waals surface area (Å²) in [6.07, 6.45) is -0.307. The zero-order valence-corrected chi connectivity index (χ0v) is 21.1. The Morgan fingerprint density at radius 1 is 1.06 bits per heavy atom. The van der Waals surface area contributed by atoms with E-state index >= 15 is 0 Å². The van der Waals surface area contributed by atoms with Gasteiger partial charge < -0.3 is 9.64 Å². The predicted octanol–water partition coefficient (Wildman–Crippen LogP) is 7.19. The third kappa shape index (κ3) is 6.19. The van der Waals surface area contributed by atoms with E-state index in [1.54, 1.807) is 0 Å². The van der Waals surface area contributed by atoms with Gasteiger partial charge in [-0.25, -0.2) is 0 Å². The minimum atomic E-state index is -0.307. The summed E-state index contributed by atoms with van der Waals surface area (Å²) in [5.41, 5.74) is 1.98. The topological polar surface area (TPSA) is 29.5 Å². The SMILES string of the molecule is CC(C)[C@@H](CSC(C)(C)C)N1C(=O)CO[C@H](c2cccc(Cl)c2)[C@H]1c1ccc(Cl)cc1. The predicted molar refractivity (Wildman–Crippen MR) is 132 cm³/mol. The first-order valence-corrected chi connectivity index (χ1v) is 12.4. The largest absolute Gasteiger partial charge is 0.361 e. The van der Waals surface area contributed by atoms with Gasteiger partial charge in [-0.2, -0.15) is 11.8 Å². The molecule has 1 amide bonds. The second-order valence-electron chi connectivity index (χ2n) is 9.32. The number of benzene rings is 2. The average Bonchev–Trinajstić information content (AvgIpc) is 2.68. The molecular formula is C25H31Cl2NO2S. The summed E-state index contributed by atoms with van der Waals surface area (Å²) >= 11 is 14.4. The van der Waals surface area contributed by atoms with Crippen LogP contribution in [0.1, 0.15) is 57.9 Å². The molecule has 1 fully saturated rings. The molecule has 3 nitrogen and oxygen atoms in total. The Hall–Kier alpha value is -1.20. The number of carbonyl (C=O) groups excluding carboxylic acids is 1. The molecule has 0 unspecified atom stereocenters. The molecule has 31 heavy (non-hydrogen) atoms. The summed E-state index contributed by atoms with van der Waals surface area (Å²) in [5.74, 6) is 1.18. The van der Waals surface area contributed by atoms with Gasteiger partial charge in [0.2, 0.25) is 5.91 Å². The first kappa shape index (κ1) is 24.4. The standard InChI is InChI=1S/C25H31Cl2NO2S/c1-16(2)21(15-31-25(3,4)5)28-22(29)14-30-24(18-7-6-8-20(27)13-18)23(28)17-9-11-19(26)12-10-17/h6-13,16,21,23-24H,14-15H2,1-5H3/t21-,23-,24-/m1/s1. The summed E-state index contributed by atoms with van der Waals surface area (Å²) in [6, 6.07) is 15.3. The van der Waals surface area contributed by atoms with Gasteiger partial charge in [0.15, 0.2) is 0 Å². The molecule has 1 saturated heterocycles. The van der Waals surface area contributed by atoms with Crippen molar-refractivity contribution in [2.24, 2.45) is 5.92 Å². The Morgan fingerprint density at radius 2 is 1.74 bits per heavy atom. The average molecular weight is 481 g/mol. The summed E-state index contributed by atoms with van der Waals surface area (Å²) in [5, 5.41) is 1.32. The number of hydrogen-bond acceptors (Lipinski definition) is 3. The van der Waals surface area contributed by atoms with Crippen molar-refractivity contribution in [2.75, 3.05) is 12.4 Å². The van der Waals surface area contributed by atoms with Gasteiger partial charge in [-0.3, -0.25) is 4.79 Å². The molecule has 1 aliphatic rings. The van der Waals surface area contributed by atoms with E-state index in [1.807, 2.05) is 60.3 Å². The van der Waals surface area contributed by atoms with E-state index in [0.717, 1.165) is 16.9 Å². The first-order chi connectivity index (χ1) is 14.6. The van der Waals surface area contributed by atoms with Crippen molar-refractivity contribution >= 4 is 40.9 Å². The Balaban J connectivity index is 2.08. The van der Waals surface area contributed by atoms with Crippen LogP contribution in [-0.2, 0) is 9.53 Å². The van der Waals surface area contributed by atoms with Crippen LogP contribution in [0.5, 0.6) is 0 Å². The quantitative estimate of drug-likeness (QED) is 0.438. The fraction of sp³-hybridized carbons (Fsp3) is 0.480. The molecule has 1 aliphatic heterocycles. The van der Waals surface area contributed by atoms with Crippen molar-refractivity contribution < 1.29 is 9.53 Å². The van der Waals surface area contributed by atoms with Crippen molar-refractivity contribution in [2.45, 2.75) is 57.6 Å². The third-order valence-corrected chi connectivity index (χ3v) is 7.32.